The molecule has 0 heterocycles. The van der Waals surface area contributed by atoms with Crippen molar-refractivity contribution in [2.75, 3.05) is 21.1 Å². The maximum absolute atomic E-state index is 4.56. The molecule has 0 saturated heterocycles. The molecule has 0 aliphatic carbocycles. The molecule has 2 nitrogen and oxygen atoms in total. The van der Waals surface area contributed by atoms with Gasteiger partial charge in [-0.1, -0.05) is 18.7 Å². The van der Waals surface area contributed by atoms with E-state index in [4.69, 9.17) is 0 Å². The minimum atomic E-state index is -0.0903. The Morgan fingerprint density at radius 2 is 1.58 bits per heavy atom. The maximum atomic E-state index is 4.56. The van der Waals surface area contributed by atoms with Crippen LogP contribution in [0.2, 0.25) is 0 Å². The normalized spacial score (nSPS) is 11.2. The summed E-state index contributed by atoms with van der Waals surface area (Å²) in [6, 6.07) is 4.25. The molecule has 0 aliphatic rings. The first-order chi connectivity index (χ1) is 8.21. The maximum Gasteiger partial charge on any atom is 2.00 e. The Morgan fingerprint density at radius 3 is 1.89 bits per heavy atom. The van der Waals surface area contributed by atoms with Gasteiger partial charge in [-0.2, -0.15) is 0 Å². The van der Waals surface area contributed by atoms with Crippen LogP contribution in [0.4, 0.5) is 0 Å². The van der Waals surface area contributed by atoms with Gasteiger partial charge in [-0.3, -0.25) is 0 Å². The summed E-state index contributed by atoms with van der Waals surface area (Å²) in [6.07, 6.45) is 0. The zero-order valence-corrected chi connectivity index (χ0v) is 16.4. The molecule has 3 heteroatoms. The second-order valence-electron chi connectivity index (χ2n) is 5.63. The third kappa shape index (κ3) is 3.67. The van der Waals surface area contributed by atoms with Gasteiger partial charge in [-0.05, 0) is 63.4 Å². The summed E-state index contributed by atoms with van der Waals surface area (Å²) in [7, 11) is 6.05. The summed E-state index contributed by atoms with van der Waals surface area (Å²) >= 11 is 0. The van der Waals surface area contributed by atoms with E-state index in [-0.39, 0.29) is 25.0 Å². The fourth-order valence-electron chi connectivity index (χ4n) is 2.33. The van der Waals surface area contributed by atoms with Crippen molar-refractivity contribution < 1.29 is 19.5 Å². The number of hydrogen-bond acceptors (Lipinski definition) is 1. The van der Waals surface area contributed by atoms with Crippen LogP contribution < -0.4 is 10.4 Å². The van der Waals surface area contributed by atoms with Gasteiger partial charge in [0.05, 0.1) is 0 Å². The van der Waals surface area contributed by atoms with E-state index in [1.807, 2.05) is 7.05 Å². The number of hydrogen-bond donors (Lipinski definition) is 0. The Labute approximate surface area is 130 Å². The first-order valence-electron chi connectivity index (χ1n) is 6.30. The van der Waals surface area contributed by atoms with Crippen molar-refractivity contribution in [1.29, 1.82) is 0 Å². The van der Waals surface area contributed by atoms with Gasteiger partial charge in [0.25, 0.3) is 0 Å². The van der Waals surface area contributed by atoms with Crippen LogP contribution in [0.15, 0.2) is 12.1 Å². The third-order valence-corrected chi connectivity index (χ3v) is 3.75. The van der Waals surface area contributed by atoms with Crippen LogP contribution in [0, 0.1) is 13.8 Å². The van der Waals surface area contributed by atoms with E-state index in [0.717, 1.165) is 10.9 Å². The van der Waals surface area contributed by atoms with Crippen molar-refractivity contribution in [2.24, 2.45) is 0 Å². The second kappa shape index (κ2) is 6.68. The van der Waals surface area contributed by atoms with Crippen LogP contribution in [-0.2, 0) is 19.5 Å². The largest absolute Gasteiger partial charge is 2.00 e. The van der Waals surface area contributed by atoms with E-state index >= 15 is 0 Å². The minimum absolute atomic E-state index is 0. The van der Waals surface area contributed by atoms with Crippen LogP contribution in [0.25, 0.3) is 17.6 Å². The van der Waals surface area contributed by atoms with Crippen molar-refractivity contribution in [2.45, 2.75) is 33.2 Å². The average molecular weight is 311 g/mol. The zero-order chi connectivity index (χ0) is 14.1. The van der Waals surface area contributed by atoms with Crippen LogP contribution in [0.5, 0.6) is 0 Å². The molecule has 100 valence electrons. The molecule has 0 unspecified atom stereocenters. The Bertz CT molecular complexity index is 515. The molecule has 0 N–H and O–H groups in total. The quantitative estimate of drug-likeness (QED) is 0.782. The van der Waals surface area contributed by atoms with E-state index < -0.39 is 0 Å². The molecular formula is C16H25N2Zn+. The molecule has 1 aromatic rings. The number of nitrogens with zero attached hydrogens (tertiary/aromatic N) is 2. The van der Waals surface area contributed by atoms with E-state index in [1.54, 1.807) is 0 Å². The molecule has 0 saturated carbocycles. The zero-order valence-electron chi connectivity index (χ0n) is 13.5. The molecule has 0 radical (unpaired) electrons. The number of benzene rings is 1. The van der Waals surface area contributed by atoms with Crippen molar-refractivity contribution in [3.05, 3.63) is 39.0 Å². The van der Waals surface area contributed by atoms with E-state index in [0.29, 0.717) is 0 Å². The van der Waals surface area contributed by atoms with Crippen molar-refractivity contribution in [1.82, 2.24) is 4.90 Å². The smallest absolute Gasteiger partial charge is 0.688 e. The predicted octanol–water partition coefficient (Wildman–Crippen LogP) is 2.16. The molecular weight excluding hydrogens is 286 g/mol. The number of rotatable bonds is 3. The van der Waals surface area contributed by atoms with Gasteiger partial charge in [0, 0.05) is 5.54 Å². The molecule has 0 atom stereocenters. The Balaban J connectivity index is 0.00000324. The average Bonchev–Trinajstić information content (AvgIpc) is 2.22. The fourth-order valence-corrected chi connectivity index (χ4v) is 2.33. The van der Waals surface area contributed by atoms with E-state index in [1.165, 1.54) is 16.3 Å². The van der Waals surface area contributed by atoms with Gasteiger partial charge in [0.2, 0.25) is 0 Å². The molecule has 0 bridgehead atoms. The summed E-state index contributed by atoms with van der Waals surface area (Å²) in [6.45, 7) is 12.7. The molecule has 0 fully saturated rings. The SMILES string of the molecule is C=c1cc(C)c(=C([N-]C)C(C)(C)N(C)C)c(C)c1.[Zn+2]. The fraction of sp³-hybridized carbons (Fsp3) is 0.500. The molecule has 0 amide bonds. The van der Waals surface area contributed by atoms with Crippen LogP contribution in [0.1, 0.15) is 25.0 Å². The van der Waals surface area contributed by atoms with Gasteiger partial charge in [0.15, 0.2) is 0 Å². The van der Waals surface area contributed by atoms with Gasteiger partial charge in [-0.15, -0.1) is 12.7 Å². The summed E-state index contributed by atoms with van der Waals surface area (Å²) in [5, 5.41) is 6.87. The van der Waals surface area contributed by atoms with Gasteiger partial charge in [-0.25, -0.2) is 0 Å². The van der Waals surface area contributed by atoms with E-state index in [9.17, 15) is 0 Å². The van der Waals surface area contributed by atoms with Crippen molar-refractivity contribution in [3.8, 4) is 0 Å². The second-order valence-corrected chi connectivity index (χ2v) is 5.63. The first kappa shape index (κ1) is 18.3. The first-order valence-corrected chi connectivity index (χ1v) is 6.30. The number of likely N-dealkylation sites (N-methyl/N-ethyl adjacent to an activating group) is 2. The van der Waals surface area contributed by atoms with Crippen LogP contribution in [0.3, 0.4) is 0 Å². The van der Waals surface area contributed by atoms with Crippen molar-refractivity contribution in [3.63, 3.8) is 0 Å². The minimum Gasteiger partial charge on any atom is -0.688 e. The molecule has 0 aromatic heterocycles. The Morgan fingerprint density at radius 1 is 1.16 bits per heavy atom. The van der Waals surface area contributed by atoms with Gasteiger partial charge in [0.1, 0.15) is 0 Å². The summed E-state index contributed by atoms with van der Waals surface area (Å²) in [5.41, 5.74) is 3.53. The van der Waals surface area contributed by atoms with Gasteiger partial charge >= 0.3 is 19.5 Å². The molecule has 0 spiro atoms. The third-order valence-electron chi connectivity index (χ3n) is 3.75. The Hall–Kier alpha value is -0.657. The standard InChI is InChI=1S/C16H25N2.Zn/c1-11-9-12(2)14(13(3)10-11)15(17-6)16(4,5)18(7)8;/h9-10H,1H2,2-8H3;/q-1;+2. The van der Waals surface area contributed by atoms with Gasteiger partial charge < -0.3 is 10.2 Å². The predicted molar refractivity (Wildman–Crippen MR) is 81.1 cm³/mol. The summed E-state index contributed by atoms with van der Waals surface area (Å²) < 4.78 is 0. The molecule has 1 aromatic carbocycles. The molecule has 19 heavy (non-hydrogen) atoms. The summed E-state index contributed by atoms with van der Waals surface area (Å²) in [5.74, 6) is 0. The Kier molecular flexibility index (Phi) is 6.44. The van der Waals surface area contributed by atoms with Crippen molar-refractivity contribution >= 4 is 12.3 Å². The molecule has 0 aliphatic heterocycles. The van der Waals surface area contributed by atoms with Crippen LogP contribution in [-0.4, -0.2) is 31.6 Å². The monoisotopic (exact) mass is 309 g/mol. The number of aryl methyl sites for hydroxylation is 2. The van der Waals surface area contributed by atoms with Crippen LogP contribution >= 0.6 is 0 Å². The summed E-state index contributed by atoms with van der Waals surface area (Å²) in [4.78, 5) is 2.20. The van der Waals surface area contributed by atoms with E-state index in [2.05, 4.69) is 70.7 Å². The topological polar surface area (TPSA) is 17.3 Å². The molecule has 1 rings (SSSR count).